The molecule has 3 rings (SSSR count). The largest absolute Gasteiger partial charge is 0.392 e. The first kappa shape index (κ1) is 14.6. The van der Waals surface area contributed by atoms with Crippen molar-refractivity contribution in [2.75, 3.05) is 6.61 Å². The van der Waals surface area contributed by atoms with E-state index in [1.165, 1.54) is 0 Å². The molecule has 3 aliphatic rings. The lowest BCUT2D eigenvalue weighted by atomic mass is 9.53. The van der Waals surface area contributed by atoms with Gasteiger partial charge in [-0.3, -0.25) is 0 Å². The van der Waals surface area contributed by atoms with Gasteiger partial charge in [0.05, 0.1) is 23.4 Å². The Morgan fingerprint density at radius 2 is 2.05 bits per heavy atom. The predicted molar refractivity (Wildman–Crippen MR) is 78.4 cm³/mol. The van der Waals surface area contributed by atoms with E-state index in [-0.39, 0.29) is 23.2 Å². The van der Waals surface area contributed by atoms with Crippen LogP contribution in [0.2, 0.25) is 0 Å². The second kappa shape index (κ2) is 4.08. The van der Waals surface area contributed by atoms with E-state index >= 15 is 0 Å². The summed E-state index contributed by atoms with van der Waals surface area (Å²) in [5.74, 6) is 0.554. The summed E-state index contributed by atoms with van der Waals surface area (Å²) in [7, 11) is 0. The summed E-state index contributed by atoms with van der Waals surface area (Å²) in [4.78, 5) is 0. The minimum absolute atomic E-state index is 0.0132. The van der Waals surface area contributed by atoms with E-state index in [1.807, 2.05) is 13.0 Å². The van der Waals surface area contributed by atoms with Crippen molar-refractivity contribution in [2.24, 2.45) is 11.3 Å². The fourth-order valence-corrected chi connectivity index (χ4v) is 5.06. The van der Waals surface area contributed by atoms with Crippen molar-refractivity contribution in [3.8, 4) is 0 Å². The molecule has 0 amide bonds. The summed E-state index contributed by atoms with van der Waals surface area (Å²) in [5, 5.41) is 20.7. The molecule has 114 valence electrons. The molecular weight excluding hydrogens is 252 g/mol. The molecule has 0 radical (unpaired) electrons. The fourth-order valence-electron chi connectivity index (χ4n) is 5.06. The lowest BCUT2D eigenvalue weighted by molar-refractivity contribution is -0.156. The molecule has 1 saturated carbocycles. The van der Waals surface area contributed by atoms with E-state index in [0.717, 1.165) is 31.3 Å². The van der Waals surface area contributed by atoms with Crippen molar-refractivity contribution in [1.29, 1.82) is 0 Å². The van der Waals surface area contributed by atoms with E-state index in [9.17, 15) is 10.2 Å². The Bertz CT molecular complexity index is 455. The van der Waals surface area contributed by atoms with Gasteiger partial charge >= 0.3 is 0 Å². The second-order valence-electron chi connectivity index (χ2n) is 7.99. The molecule has 3 heteroatoms. The van der Waals surface area contributed by atoms with Gasteiger partial charge in [0.1, 0.15) is 0 Å². The van der Waals surface area contributed by atoms with Crippen LogP contribution in [0, 0.1) is 11.3 Å². The second-order valence-corrected chi connectivity index (χ2v) is 7.99. The zero-order valence-electron chi connectivity index (χ0n) is 13.2. The molecule has 0 aromatic heterocycles. The average Bonchev–Trinajstić information content (AvgIpc) is 2.61. The zero-order chi connectivity index (χ0) is 14.8. The average molecular weight is 280 g/mol. The van der Waals surface area contributed by atoms with Crippen molar-refractivity contribution >= 4 is 0 Å². The molecule has 1 unspecified atom stereocenters. The molecule has 0 aromatic carbocycles. The zero-order valence-corrected chi connectivity index (χ0v) is 13.2. The van der Waals surface area contributed by atoms with Gasteiger partial charge in [0.2, 0.25) is 0 Å². The normalized spacial score (nSPS) is 49.7. The quantitative estimate of drug-likeness (QED) is 0.765. The Morgan fingerprint density at radius 1 is 1.35 bits per heavy atom. The maximum Gasteiger partial charge on any atom is 0.0980 e. The number of ether oxygens (including phenoxy) is 1. The van der Waals surface area contributed by atoms with Crippen LogP contribution in [-0.2, 0) is 4.74 Å². The molecule has 2 bridgehead atoms. The number of hydrogen-bond acceptors (Lipinski definition) is 3. The Labute approximate surface area is 122 Å². The number of aliphatic hydroxyl groups excluding tert-OH is 1. The molecule has 1 aliphatic heterocycles. The van der Waals surface area contributed by atoms with Crippen LogP contribution >= 0.6 is 0 Å². The van der Waals surface area contributed by atoms with Gasteiger partial charge < -0.3 is 14.9 Å². The molecule has 20 heavy (non-hydrogen) atoms. The fraction of sp³-hybridized carbons (Fsp3) is 0.882. The molecular formula is C17H28O3. The lowest BCUT2D eigenvalue weighted by Crippen LogP contribution is -2.57. The first-order valence-corrected chi connectivity index (χ1v) is 7.96. The molecule has 1 heterocycles. The van der Waals surface area contributed by atoms with Crippen LogP contribution < -0.4 is 0 Å². The smallest absolute Gasteiger partial charge is 0.0980 e. The van der Waals surface area contributed by atoms with E-state index < -0.39 is 5.60 Å². The van der Waals surface area contributed by atoms with E-state index in [1.54, 1.807) is 0 Å². The molecule has 1 saturated heterocycles. The molecule has 2 N–H and O–H groups in total. The van der Waals surface area contributed by atoms with Gasteiger partial charge in [0.25, 0.3) is 0 Å². The van der Waals surface area contributed by atoms with Crippen LogP contribution in [-0.4, -0.2) is 33.6 Å². The number of aliphatic hydroxyl groups is 2. The SMILES string of the molecule is CC[C@]1(O)C=C(CO)C23C[C@@H](CC[C@]2(C)C1)C(C)(C)O3. The Hall–Kier alpha value is -0.380. The minimum atomic E-state index is -0.791. The summed E-state index contributed by atoms with van der Waals surface area (Å²) in [6, 6.07) is 0. The van der Waals surface area contributed by atoms with Crippen molar-refractivity contribution < 1.29 is 14.9 Å². The molecule has 2 aliphatic carbocycles. The highest BCUT2D eigenvalue weighted by Gasteiger charge is 2.66. The van der Waals surface area contributed by atoms with Gasteiger partial charge in [-0.1, -0.05) is 13.8 Å². The number of rotatable bonds is 2. The van der Waals surface area contributed by atoms with Gasteiger partial charge in [-0.05, 0) is 63.5 Å². The van der Waals surface area contributed by atoms with Crippen molar-refractivity contribution in [2.45, 2.75) is 76.6 Å². The van der Waals surface area contributed by atoms with Gasteiger partial charge in [-0.15, -0.1) is 0 Å². The highest BCUT2D eigenvalue weighted by atomic mass is 16.5. The minimum Gasteiger partial charge on any atom is -0.392 e. The molecule has 1 spiro atoms. The molecule has 2 fully saturated rings. The lowest BCUT2D eigenvalue weighted by Gasteiger charge is -2.55. The first-order valence-electron chi connectivity index (χ1n) is 7.96. The molecule has 3 nitrogen and oxygen atoms in total. The third-order valence-corrected chi connectivity index (χ3v) is 6.41. The summed E-state index contributed by atoms with van der Waals surface area (Å²) >= 11 is 0. The Morgan fingerprint density at radius 3 is 2.65 bits per heavy atom. The van der Waals surface area contributed by atoms with Crippen LogP contribution in [0.25, 0.3) is 0 Å². The molecule has 0 aromatic rings. The van der Waals surface area contributed by atoms with E-state index in [4.69, 9.17) is 4.74 Å². The van der Waals surface area contributed by atoms with Crippen molar-refractivity contribution in [1.82, 2.24) is 0 Å². The van der Waals surface area contributed by atoms with E-state index in [2.05, 4.69) is 20.8 Å². The Balaban J connectivity index is 2.13. The van der Waals surface area contributed by atoms with Crippen molar-refractivity contribution in [3.05, 3.63) is 11.6 Å². The number of hydrogen-bond donors (Lipinski definition) is 2. The maximum atomic E-state index is 10.8. The standard InChI is InChI=1S/C17H28O3/c1-5-16(19)8-13(10-18)17-9-12(14(2,3)20-17)6-7-15(17,4)11-16/h8,12,18-19H,5-7,9-11H2,1-4H3/t12-,15-,16+,17?/m1/s1. The first-order chi connectivity index (χ1) is 9.20. The topological polar surface area (TPSA) is 49.7 Å². The highest BCUT2D eigenvalue weighted by Crippen LogP contribution is 2.65. The van der Waals surface area contributed by atoms with E-state index in [0.29, 0.717) is 12.3 Å². The third kappa shape index (κ3) is 1.69. The van der Waals surface area contributed by atoms with Crippen LogP contribution in [0.15, 0.2) is 11.6 Å². The van der Waals surface area contributed by atoms with Crippen LogP contribution in [0.5, 0.6) is 0 Å². The monoisotopic (exact) mass is 280 g/mol. The van der Waals surface area contributed by atoms with Crippen molar-refractivity contribution in [3.63, 3.8) is 0 Å². The summed E-state index contributed by atoms with van der Waals surface area (Å²) in [6.07, 6.45) is 6.55. The Kier molecular flexibility index (Phi) is 2.97. The van der Waals surface area contributed by atoms with Gasteiger partial charge in [0.15, 0.2) is 0 Å². The van der Waals surface area contributed by atoms with Gasteiger partial charge in [-0.25, -0.2) is 0 Å². The maximum absolute atomic E-state index is 10.8. The van der Waals surface area contributed by atoms with Crippen LogP contribution in [0.3, 0.4) is 0 Å². The van der Waals surface area contributed by atoms with Gasteiger partial charge in [0, 0.05) is 5.41 Å². The predicted octanol–water partition coefficient (Wildman–Crippen LogP) is 2.80. The summed E-state index contributed by atoms with van der Waals surface area (Å²) in [6.45, 7) is 8.59. The highest BCUT2D eigenvalue weighted by molar-refractivity contribution is 5.35. The van der Waals surface area contributed by atoms with Gasteiger partial charge in [-0.2, -0.15) is 0 Å². The molecule has 4 atom stereocenters. The number of fused-ring (bicyclic) bond motifs is 1. The summed E-state index contributed by atoms with van der Waals surface area (Å²) < 4.78 is 6.57. The summed E-state index contributed by atoms with van der Waals surface area (Å²) in [5.41, 5.74) is -0.454. The third-order valence-electron chi connectivity index (χ3n) is 6.41. The van der Waals surface area contributed by atoms with Crippen LogP contribution in [0.4, 0.5) is 0 Å². The van der Waals surface area contributed by atoms with Crippen LogP contribution in [0.1, 0.15) is 59.8 Å².